The molecule has 7 nitrogen and oxygen atoms in total. The highest BCUT2D eigenvalue weighted by Gasteiger charge is 2.37. The van der Waals surface area contributed by atoms with E-state index in [0.717, 1.165) is 11.1 Å². The summed E-state index contributed by atoms with van der Waals surface area (Å²) in [6, 6.07) is 26.7. The number of Topliss-reactive ketones (excluding diaryl/α,β-unsaturated/α-hetero) is 1. The van der Waals surface area contributed by atoms with Crippen molar-refractivity contribution in [3.63, 3.8) is 0 Å². The Kier molecular flexibility index (Phi) is 6.26. The number of carbonyl (C=O) groups is 1. The maximum atomic E-state index is 13.2. The number of halogens is 1. The number of benzene rings is 4. The van der Waals surface area contributed by atoms with E-state index < -0.39 is 10.8 Å². The third-order valence-electron chi connectivity index (χ3n) is 5.88. The maximum Gasteiger partial charge on any atom is 0.271 e. The molecule has 176 valence electrons. The van der Waals surface area contributed by atoms with Crippen LogP contribution in [0.4, 0.5) is 17.1 Å². The van der Waals surface area contributed by atoms with Gasteiger partial charge in [0.15, 0.2) is 5.78 Å². The number of nitro benzene ring substituents is 1. The smallest absolute Gasteiger partial charge is 0.271 e. The van der Waals surface area contributed by atoms with Crippen molar-refractivity contribution in [2.45, 2.75) is 5.92 Å². The van der Waals surface area contributed by atoms with Gasteiger partial charge in [-0.05, 0) is 45.8 Å². The Hall–Kier alpha value is -4.43. The lowest BCUT2D eigenvalue weighted by Gasteiger charge is -2.11. The van der Waals surface area contributed by atoms with Gasteiger partial charge >= 0.3 is 0 Å². The van der Waals surface area contributed by atoms with Crippen molar-refractivity contribution < 1.29 is 14.8 Å². The molecule has 1 unspecified atom stereocenters. The number of rotatable bonds is 5. The summed E-state index contributed by atoms with van der Waals surface area (Å²) in [5, 5.41) is 21.3. The van der Waals surface area contributed by atoms with Crippen LogP contribution in [-0.4, -0.2) is 27.7 Å². The van der Waals surface area contributed by atoms with Crippen LogP contribution in [0.1, 0.15) is 33.0 Å². The summed E-state index contributed by atoms with van der Waals surface area (Å²) in [4.78, 5) is 33.0. The molecule has 0 spiro atoms. The summed E-state index contributed by atoms with van der Waals surface area (Å²) in [7, 11) is 0. The minimum atomic E-state index is -0.538. The first-order valence-electron chi connectivity index (χ1n) is 11.0. The Morgan fingerprint density at radius 1 is 0.889 bits per heavy atom. The largest absolute Gasteiger partial charge is 0.506 e. The number of fused-ring (bicyclic) bond motifs is 1. The summed E-state index contributed by atoms with van der Waals surface area (Å²) in [6.07, 6.45) is 1.37. The van der Waals surface area contributed by atoms with Gasteiger partial charge in [0.2, 0.25) is 0 Å². The minimum Gasteiger partial charge on any atom is -0.506 e. The van der Waals surface area contributed by atoms with E-state index in [2.05, 4.69) is 20.9 Å². The average molecular weight is 540 g/mol. The number of carbonyl (C=O) groups excluding carboxylic acids is 1. The van der Waals surface area contributed by atoms with Crippen molar-refractivity contribution in [1.29, 1.82) is 0 Å². The third kappa shape index (κ3) is 4.46. The van der Waals surface area contributed by atoms with Gasteiger partial charge in [-0.15, -0.1) is 0 Å². The second-order valence-corrected chi connectivity index (χ2v) is 9.00. The molecule has 36 heavy (non-hydrogen) atoms. The Labute approximate surface area is 214 Å². The van der Waals surface area contributed by atoms with Crippen LogP contribution >= 0.6 is 15.9 Å². The number of phenols is 1. The second-order valence-electron chi connectivity index (χ2n) is 8.15. The lowest BCUT2D eigenvalue weighted by Crippen LogP contribution is -2.13. The summed E-state index contributed by atoms with van der Waals surface area (Å²) in [5.74, 6) is -0.583. The molecule has 0 saturated heterocycles. The lowest BCUT2D eigenvalue weighted by molar-refractivity contribution is -0.385. The van der Waals surface area contributed by atoms with Crippen molar-refractivity contribution in [3.05, 3.63) is 128 Å². The molecule has 1 N–H and O–H groups in total. The van der Waals surface area contributed by atoms with Crippen molar-refractivity contribution in [2.24, 2.45) is 9.98 Å². The highest BCUT2D eigenvalue weighted by atomic mass is 79.9. The molecule has 5 rings (SSSR count). The molecule has 0 aromatic heterocycles. The van der Waals surface area contributed by atoms with Gasteiger partial charge in [-0.1, -0.05) is 54.6 Å². The summed E-state index contributed by atoms with van der Waals surface area (Å²) in [6.45, 7) is 0. The first-order chi connectivity index (χ1) is 17.4. The molecule has 4 aromatic carbocycles. The SMILES string of the molecule is O=C1c2ccccc2C(=Nc2ccc(N=Cc3cc([N+](=O)[O-])cc(Br)c3O)cc2)C1c1ccccc1. The first-order valence-corrected chi connectivity index (χ1v) is 11.8. The molecule has 4 aromatic rings. The van der Waals surface area contributed by atoms with Gasteiger partial charge in [-0.2, -0.15) is 0 Å². The molecule has 1 atom stereocenters. The average Bonchev–Trinajstić information content (AvgIpc) is 3.17. The molecule has 8 heteroatoms. The van der Waals surface area contributed by atoms with Gasteiger partial charge in [0, 0.05) is 35.0 Å². The lowest BCUT2D eigenvalue weighted by atomic mass is 9.93. The fourth-order valence-electron chi connectivity index (χ4n) is 4.14. The monoisotopic (exact) mass is 539 g/mol. The van der Waals surface area contributed by atoms with Gasteiger partial charge in [0.1, 0.15) is 5.75 Å². The van der Waals surface area contributed by atoms with Gasteiger partial charge in [0.25, 0.3) is 5.69 Å². The maximum absolute atomic E-state index is 13.2. The predicted octanol–water partition coefficient (Wildman–Crippen LogP) is 6.91. The van der Waals surface area contributed by atoms with E-state index >= 15 is 0 Å². The zero-order valence-corrected chi connectivity index (χ0v) is 20.3. The van der Waals surface area contributed by atoms with E-state index in [1.165, 1.54) is 18.3 Å². The van der Waals surface area contributed by atoms with Crippen LogP contribution in [0.5, 0.6) is 5.75 Å². The Bertz CT molecular complexity index is 1550. The molecule has 1 aliphatic carbocycles. The Morgan fingerprint density at radius 3 is 2.22 bits per heavy atom. The standard InChI is InChI=1S/C28H18BrN3O4/c29-24-15-21(32(35)36)14-18(27(24)33)16-30-19-10-12-20(13-11-19)31-26-22-8-4-5-9-23(22)28(34)25(26)17-6-2-1-3-7-17/h1-16,25,33H. The topological polar surface area (TPSA) is 105 Å². The van der Waals surface area contributed by atoms with Gasteiger partial charge < -0.3 is 5.11 Å². The number of non-ortho nitro benzene ring substituents is 1. The van der Waals surface area contributed by atoms with E-state index in [1.54, 1.807) is 24.3 Å². The zero-order valence-electron chi connectivity index (χ0n) is 18.7. The highest BCUT2D eigenvalue weighted by molar-refractivity contribution is 9.10. The normalized spacial score (nSPS) is 16.0. The van der Waals surface area contributed by atoms with Crippen molar-refractivity contribution in [2.75, 3.05) is 0 Å². The number of aromatic hydroxyl groups is 1. The molecule has 0 fully saturated rings. The summed E-state index contributed by atoms with van der Waals surface area (Å²) >= 11 is 3.13. The van der Waals surface area contributed by atoms with Crippen LogP contribution in [0, 0.1) is 10.1 Å². The van der Waals surface area contributed by atoms with Crippen molar-refractivity contribution in [1.82, 2.24) is 0 Å². The van der Waals surface area contributed by atoms with E-state index in [-0.39, 0.29) is 27.3 Å². The van der Waals surface area contributed by atoms with E-state index in [4.69, 9.17) is 4.99 Å². The predicted molar refractivity (Wildman–Crippen MR) is 142 cm³/mol. The van der Waals surface area contributed by atoms with E-state index in [0.29, 0.717) is 22.6 Å². The minimum absolute atomic E-state index is 0.0275. The van der Waals surface area contributed by atoms with E-state index in [1.807, 2.05) is 54.6 Å². The summed E-state index contributed by atoms with van der Waals surface area (Å²) in [5.41, 5.74) is 4.36. The number of aliphatic imine (C=N–C) groups is 2. The molecule has 0 radical (unpaired) electrons. The van der Waals surface area contributed by atoms with Gasteiger partial charge in [-0.25, -0.2) is 0 Å². The number of phenolic OH excluding ortho intramolecular Hbond substituents is 1. The van der Waals surface area contributed by atoms with Gasteiger partial charge in [0.05, 0.1) is 32.4 Å². The highest BCUT2D eigenvalue weighted by Crippen LogP contribution is 2.36. The van der Waals surface area contributed by atoms with Crippen LogP contribution < -0.4 is 0 Å². The molecule has 0 saturated carbocycles. The zero-order chi connectivity index (χ0) is 25.2. The van der Waals surface area contributed by atoms with Gasteiger partial charge in [-0.3, -0.25) is 24.9 Å². The quantitative estimate of drug-likeness (QED) is 0.169. The number of nitro groups is 1. The number of hydrogen-bond donors (Lipinski definition) is 1. The van der Waals surface area contributed by atoms with Crippen LogP contribution in [0.15, 0.2) is 105 Å². The number of hydrogen-bond acceptors (Lipinski definition) is 6. The van der Waals surface area contributed by atoms with Crippen LogP contribution in [0.2, 0.25) is 0 Å². The van der Waals surface area contributed by atoms with E-state index in [9.17, 15) is 20.0 Å². The van der Waals surface area contributed by atoms with Crippen LogP contribution in [-0.2, 0) is 0 Å². The molecular formula is C28H18BrN3O4. The molecule has 0 bridgehead atoms. The third-order valence-corrected chi connectivity index (χ3v) is 6.48. The molecule has 1 aliphatic rings. The fourth-order valence-corrected chi connectivity index (χ4v) is 4.61. The molecule has 0 heterocycles. The van der Waals surface area contributed by atoms with Crippen molar-refractivity contribution >= 4 is 50.7 Å². The number of nitrogens with zero attached hydrogens (tertiary/aromatic N) is 3. The first kappa shape index (κ1) is 23.3. The second kappa shape index (κ2) is 9.67. The molecule has 0 aliphatic heterocycles. The fraction of sp³-hybridized carbons (Fsp3) is 0.0357. The van der Waals surface area contributed by atoms with Crippen LogP contribution in [0.25, 0.3) is 0 Å². The number of ketones is 1. The molecule has 0 amide bonds. The van der Waals surface area contributed by atoms with Crippen LogP contribution in [0.3, 0.4) is 0 Å². The Morgan fingerprint density at radius 2 is 1.53 bits per heavy atom. The summed E-state index contributed by atoms with van der Waals surface area (Å²) < 4.78 is 0.212. The molecular weight excluding hydrogens is 522 g/mol. The Balaban J connectivity index is 1.47. The van der Waals surface area contributed by atoms with Crippen molar-refractivity contribution in [3.8, 4) is 5.75 Å².